The van der Waals surface area contributed by atoms with Gasteiger partial charge in [-0.25, -0.2) is 4.98 Å². The fraction of sp³-hybridized carbons (Fsp3) is 0.300. The second-order valence-electron chi connectivity index (χ2n) is 3.16. The summed E-state index contributed by atoms with van der Waals surface area (Å²) in [6.07, 6.45) is 2.88. The van der Waals surface area contributed by atoms with Crippen LogP contribution in [0.4, 0.5) is 5.69 Å². The highest BCUT2D eigenvalue weighted by Gasteiger charge is 2.08. The number of ether oxygens (including phenoxy) is 1. The molecule has 0 amide bonds. The van der Waals surface area contributed by atoms with Crippen molar-refractivity contribution in [1.82, 2.24) is 4.98 Å². The molecule has 0 fully saturated rings. The van der Waals surface area contributed by atoms with Crippen LogP contribution in [-0.2, 0) is 4.74 Å². The first kappa shape index (κ1) is 9.49. The van der Waals surface area contributed by atoms with Crippen LogP contribution in [0.2, 0.25) is 5.15 Å². The number of rotatable bonds is 1. The van der Waals surface area contributed by atoms with E-state index in [1.807, 2.05) is 12.1 Å². The molecule has 0 saturated carbocycles. The van der Waals surface area contributed by atoms with Crippen LogP contribution in [0.25, 0.3) is 5.57 Å². The van der Waals surface area contributed by atoms with Gasteiger partial charge >= 0.3 is 0 Å². The molecule has 1 aliphatic rings. The van der Waals surface area contributed by atoms with E-state index in [9.17, 15) is 0 Å². The first-order valence-electron chi connectivity index (χ1n) is 4.46. The molecule has 4 heteroatoms. The Hall–Kier alpha value is -1.06. The van der Waals surface area contributed by atoms with Crippen LogP contribution in [0.1, 0.15) is 12.1 Å². The maximum Gasteiger partial charge on any atom is 0.131 e. The molecule has 74 valence electrons. The van der Waals surface area contributed by atoms with E-state index in [0.29, 0.717) is 17.4 Å². The minimum Gasteiger partial charge on any atom is -0.399 e. The lowest BCUT2D eigenvalue weighted by Gasteiger charge is -2.13. The van der Waals surface area contributed by atoms with Crippen molar-refractivity contribution in [1.29, 1.82) is 0 Å². The van der Waals surface area contributed by atoms with Gasteiger partial charge in [-0.3, -0.25) is 0 Å². The monoisotopic (exact) mass is 210 g/mol. The summed E-state index contributed by atoms with van der Waals surface area (Å²) >= 11 is 5.82. The summed E-state index contributed by atoms with van der Waals surface area (Å²) < 4.78 is 5.21. The van der Waals surface area contributed by atoms with Crippen molar-refractivity contribution in [2.24, 2.45) is 0 Å². The Bertz CT molecular complexity index is 356. The van der Waals surface area contributed by atoms with E-state index in [-0.39, 0.29) is 0 Å². The molecule has 0 aromatic carbocycles. The zero-order valence-electron chi connectivity index (χ0n) is 7.66. The first-order valence-corrected chi connectivity index (χ1v) is 4.84. The van der Waals surface area contributed by atoms with Crippen LogP contribution in [0.5, 0.6) is 0 Å². The largest absolute Gasteiger partial charge is 0.399 e. The molecule has 2 heterocycles. The third-order valence-corrected chi connectivity index (χ3v) is 2.30. The highest BCUT2D eigenvalue weighted by atomic mass is 35.5. The number of hydrogen-bond acceptors (Lipinski definition) is 3. The van der Waals surface area contributed by atoms with Crippen LogP contribution in [0.3, 0.4) is 0 Å². The molecule has 2 N–H and O–H groups in total. The number of nitrogens with zero attached hydrogens (tertiary/aromatic N) is 1. The van der Waals surface area contributed by atoms with Crippen LogP contribution in [0, 0.1) is 0 Å². The van der Waals surface area contributed by atoms with E-state index in [1.54, 1.807) is 6.07 Å². The predicted molar refractivity (Wildman–Crippen MR) is 57.1 cm³/mol. The molecule has 14 heavy (non-hydrogen) atoms. The molecule has 2 rings (SSSR count). The Balaban J connectivity index is 2.35. The Morgan fingerprint density at radius 1 is 1.43 bits per heavy atom. The van der Waals surface area contributed by atoms with Crippen molar-refractivity contribution in [3.63, 3.8) is 0 Å². The fourth-order valence-electron chi connectivity index (χ4n) is 1.44. The summed E-state index contributed by atoms with van der Waals surface area (Å²) in [5.41, 5.74) is 8.35. The zero-order chi connectivity index (χ0) is 9.97. The topological polar surface area (TPSA) is 48.1 Å². The van der Waals surface area contributed by atoms with E-state index >= 15 is 0 Å². The van der Waals surface area contributed by atoms with E-state index in [1.165, 1.54) is 0 Å². The number of anilines is 1. The van der Waals surface area contributed by atoms with Crippen LogP contribution in [0.15, 0.2) is 18.2 Å². The third kappa shape index (κ3) is 2.05. The van der Waals surface area contributed by atoms with Crippen molar-refractivity contribution in [2.75, 3.05) is 18.9 Å². The molecule has 0 saturated heterocycles. The SMILES string of the molecule is Nc1cc(Cl)nc(C2=CCOCC2)c1. The predicted octanol–water partition coefficient (Wildman–Crippen LogP) is 2.12. The lowest BCUT2D eigenvalue weighted by Crippen LogP contribution is -2.05. The molecule has 0 spiro atoms. The van der Waals surface area contributed by atoms with Crippen molar-refractivity contribution in [3.05, 3.63) is 29.1 Å². The van der Waals surface area contributed by atoms with E-state index in [2.05, 4.69) is 4.98 Å². The molecule has 3 nitrogen and oxygen atoms in total. The van der Waals surface area contributed by atoms with Gasteiger partial charge in [0.2, 0.25) is 0 Å². The van der Waals surface area contributed by atoms with Crippen molar-refractivity contribution < 1.29 is 4.74 Å². The Morgan fingerprint density at radius 2 is 2.29 bits per heavy atom. The maximum absolute atomic E-state index is 5.82. The highest BCUT2D eigenvalue weighted by Crippen LogP contribution is 2.23. The number of hydrogen-bond donors (Lipinski definition) is 1. The second-order valence-corrected chi connectivity index (χ2v) is 3.55. The average Bonchev–Trinajstić information content (AvgIpc) is 2.18. The standard InChI is InChI=1S/C10H11ClN2O/c11-10-6-8(12)5-9(13-10)7-1-3-14-4-2-7/h1,5-6H,2-4H2,(H2,12,13). The second kappa shape index (κ2) is 3.98. The summed E-state index contributed by atoms with van der Waals surface area (Å²) in [6.45, 7) is 1.38. The summed E-state index contributed by atoms with van der Waals surface area (Å²) in [6, 6.07) is 3.48. The lowest BCUT2D eigenvalue weighted by molar-refractivity contribution is 0.161. The van der Waals surface area contributed by atoms with Gasteiger partial charge in [0.1, 0.15) is 5.15 Å². The van der Waals surface area contributed by atoms with Crippen molar-refractivity contribution in [3.8, 4) is 0 Å². The molecule has 1 aliphatic heterocycles. The van der Waals surface area contributed by atoms with Crippen LogP contribution >= 0.6 is 11.6 Å². The molecular formula is C10H11ClN2O. The van der Waals surface area contributed by atoms with Gasteiger partial charge in [-0.1, -0.05) is 17.7 Å². The molecule has 0 radical (unpaired) electrons. The number of halogens is 1. The molecule has 0 atom stereocenters. The van der Waals surface area contributed by atoms with E-state index in [0.717, 1.165) is 24.3 Å². The summed E-state index contributed by atoms with van der Waals surface area (Å²) in [7, 11) is 0. The molecule has 1 aromatic heterocycles. The molecule has 1 aromatic rings. The van der Waals surface area contributed by atoms with Crippen LogP contribution < -0.4 is 5.73 Å². The highest BCUT2D eigenvalue weighted by molar-refractivity contribution is 6.29. The molecule has 0 unspecified atom stereocenters. The van der Waals surface area contributed by atoms with E-state index < -0.39 is 0 Å². The van der Waals surface area contributed by atoms with Gasteiger partial charge in [-0.2, -0.15) is 0 Å². The minimum atomic E-state index is 0.437. The van der Waals surface area contributed by atoms with Gasteiger partial charge in [-0.05, 0) is 24.1 Å². The fourth-order valence-corrected chi connectivity index (χ4v) is 1.66. The average molecular weight is 211 g/mol. The quantitative estimate of drug-likeness (QED) is 0.723. The van der Waals surface area contributed by atoms with E-state index in [4.69, 9.17) is 22.1 Å². The van der Waals surface area contributed by atoms with Gasteiger partial charge in [-0.15, -0.1) is 0 Å². The Morgan fingerprint density at radius 3 is 2.93 bits per heavy atom. The molecule has 0 aliphatic carbocycles. The van der Waals surface area contributed by atoms with Gasteiger partial charge in [0.05, 0.1) is 18.9 Å². The summed E-state index contributed by atoms with van der Waals surface area (Å²) in [5.74, 6) is 0. The maximum atomic E-state index is 5.82. The van der Waals surface area contributed by atoms with Gasteiger partial charge in [0.25, 0.3) is 0 Å². The van der Waals surface area contributed by atoms with Crippen molar-refractivity contribution in [2.45, 2.75) is 6.42 Å². The Kier molecular flexibility index (Phi) is 2.70. The number of pyridine rings is 1. The summed E-state index contributed by atoms with van der Waals surface area (Å²) in [5, 5.41) is 0.437. The zero-order valence-corrected chi connectivity index (χ0v) is 8.42. The summed E-state index contributed by atoms with van der Waals surface area (Å²) in [4.78, 5) is 4.22. The van der Waals surface area contributed by atoms with Crippen LogP contribution in [-0.4, -0.2) is 18.2 Å². The molecular weight excluding hydrogens is 200 g/mol. The minimum absolute atomic E-state index is 0.437. The van der Waals surface area contributed by atoms with Gasteiger partial charge in [0.15, 0.2) is 0 Å². The van der Waals surface area contributed by atoms with Gasteiger partial charge < -0.3 is 10.5 Å². The normalized spacial score (nSPS) is 16.5. The number of nitrogens with two attached hydrogens (primary N) is 1. The third-order valence-electron chi connectivity index (χ3n) is 2.11. The molecule has 0 bridgehead atoms. The number of nitrogen functional groups attached to an aromatic ring is 1. The lowest BCUT2D eigenvalue weighted by atomic mass is 10.1. The Labute approximate surface area is 87.5 Å². The smallest absolute Gasteiger partial charge is 0.131 e. The first-order chi connectivity index (χ1) is 6.75. The number of aromatic nitrogens is 1. The van der Waals surface area contributed by atoms with Gasteiger partial charge in [0, 0.05) is 5.69 Å². The van der Waals surface area contributed by atoms with Crippen molar-refractivity contribution >= 4 is 22.9 Å².